The molecular weight excluding hydrogens is 154 g/mol. The van der Waals surface area contributed by atoms with Crippen molar-refractivity contribution in [1.29, 1.82) is 0 Å². The summed E-state index contributed by atoms with van der Waals surface area (Å²) in [5.41, 5.74) is 3.45. The number of hydrogen-bond donors (Lipinski definition) is 1. The molecule has 1 aliphatic rings. The van der Waals surface area contributed by atoms with E-state index in [0.717, 1.165) is 12.8 Å². The van der Waals surface area contributed by atoms with Gasteiger partial charge in [0.25, 0.3) is 5.91 Å². The van der Waals surface area contributed by atoms with Crippen LogP contribution in [0.15, 0.2) is 23.8 Å². The average Bonchev–Trinajstić information content (AvgIpc) is 2.53. The van der Waals surface area contributed by atoms with Gasteiger partial charge < -0.3 is 0 Å². The third-order valence-corrected chi connectivity index (χ3v) is 1.73. The molecule has 1 N–H and O–H groups in total. The van der Waals surface area contributed by atoms with Crippen molar-refractivity contribution < 1.29 is 9.63 Å². The molecule has 12 heavy (non-hydrogen) atoms. The van der Waals surface area contributed by atoms with Gasteiger partial charge in [-0.2, -0.15) is 0 Å². The standard InChI is InChI=1S/C9H13NO2/c1-12-10-9(11)7-6-8-4-2-3-5-8/h4,6-7H,2-3,5H2,1H3,(H,10,11)/b7-6+. The van der Waals surface area contributed by atoms with Gasteiger partial charge in [0.05, 0.1) is 7.11 Å². The highest BCUT2D eigenvalue weighted by molar-refractivity contribution is 5.87. The quantitative estimate of drug-likeness (QED) is 0.508. The van der Waals surface area contributed by atoms with E-state index in [1.807, 2.05) is 6.08 Å². The fraction of sp³-hybridized carbons (Fsp3) is 0.444. The summed E-state index contributed by atoms with van der Waals surface area (Å²) in [7, 11) is 1.42. The maximum Gasteiger partial charge on any atom is 0.267 e. The molecule has 0 aromatic heterocycles. The highest BCUT2D eigenvalue weighted by Crippen LogP contribution is 2.17. The molecular formula is C9H13NO2. The lowest BCUT2D eigenvalue weighted by Crippen LogP contribution is -2.18. The van der Waals surface area contributed by atoms with Crippen molar-refractivity contribution in [3.05, 3.63) is 23.8 Å². The zero-order valence-corrected chi connectivity index (χ0v) is 7.17. The first-order valence-corrected chi connectivity index (χ1v) is 4.03. The van der Waals surface area contributed by atoms with Crippen LogP contribution in [0.3, 0.4) is 0 Å². The number of allylic oxidation sites excluding steroid dienone is 3. The number of carbonyl (C=O) groups excluding carboxylic acids is 1. The van der Waals surface area contributed by atoms with Crippen LogP contribution >= 0.6 is 0 Å². The molecule has 3 heteroatoms. The summed E-state index contributed by atoms with van der Waals surface area (Å²) in [6.07, 6.45) is 8.88. The Kier molecular flexibility index (Phi) is 3.54. The maximum absolute atomic E-state index is 10.8. The van der Waals surface area contributed by atoms with E-state index in [0.29, 0.717) is 0 Å². The second-order valence-corrected chi connectivity index (χ2v) is 2.68. The molecule has 3 nitrogen and oxygen atoms in total. The number of amides is 1. The van der Waals surface area contributed by atoms with Crippen molar-refractivity contribution in [2.24, 2.45) is 0 Å². The first-order valence-electron chi connectivity index (χ1n) is 4.03. The van der Waals surface area contributed by atoms with Crippen molar-refractivity contribution in [3.63, 3.8) is 0 Å². The number of carbonyl (C=O) groups is 1. The number of rotatable bonds is 3. The van der Waals surface area contributed by atoms with Crippen LogP contribution in [0, 0.1) is 0 Å². The molecule has 0 aromatic carbocycles. The van der Waals surface area contributed by atoms with Crippen molar-refractivity contribution in [3.8, 4) is 0 Å². The van der Waals surface area contributed by atoms with E-state index >= 15 is 0 Å². The topological polar surface area (TPSA) is 38.3 Å². The van der Waals surface area contributed by atoms with Crippen LogP contribution in [0.2, 0.25) is 0 Å². The lowest BCUT2D eigenvalue weighted by molar-refractivity contribution is -0.126. The molecule has 0 aliphatic heterocycles. The summed E-state index contributed by atoms with van der Waals surface area (Å²) in [6.45, 7) is 0. The molecule has 1 aliphatic carbocycles. The highest BCUT2D eigenvalue weighted by Gasteiger charge is 2.00. The lowest BCUT2D eigenvalue weighted by Gasteiger charge is -1.95. The molecule has 0 radical (unpaired) electrons. The van der Waals surface area contributed by atoms with Gasteiger partial charge in [-0.05, 0) is 19.3 Å². The summed E-state index contributed by atoms with van der Waals surface area (Å²) < 4.78 is 0. The van der Waals surface area contributed by atoms with Gasteiger partial charge in [0.15, 0.2) is 0 Å². The van der Waals surface area contributed by atoms with Crippen molar-refractivity contribution in [1.82, 2.24) is 5.48 Å². The molecule has 66 valence electrons. The van der Waals surface area contributed by atoms with Crippen molar-refractivity contribution in [2.75, 3.05) is 7.11 Å². The first kappa shape index (κ1) is 9.00. The monoisotopic (exact) mass is 167 g/mol. The van der Waals surface area contributed by atoms with E-state index in [1.165, 1.54) is 25.2 Å². The first-order chi connectivity index (χ1) is 5.83. The Morgan fingerprint density at radius 1 is 1.75 bits per heavy atom. The van der Waals surface area contributed by atoms with Gasteiger partial charge in [-0.3, -0.25) is 9.63 Å². The van der Waals surface area contributed by atoms with Gasteiger partial charge in [-0.25, -0.2) is 5.48 Å². The van der Waals surface area contributed by atoms with Gasteiger partial charge in [-0.1, -0.05) is 17.7 Å². The van der Waals surface area contributed by atoms with Crippen LogP contribution in [0.5, 0.6) is 0 Å². The Morgan fingerprint density at radius 2 is 2.58 bits per heavy atom. The third-order valence-electron chi connectivity index (χ3n) is 1.73. The SMILES string of the molecule is CONC(=O)/C=C/C1=CCCC1. The highest BCUT2D eigenvalue weighted by atomic mass is 16.6. The second kappa shape index (κ2) is 4.72. The van der Waals surface area contributed by atoms with Crippen LogP contribution in [0.1, 0.15) is 19.3 Å². The van der Waals surface area contributed by atoms with Gasteiger partial charge in [0.2, 0.25) is 0 Å². The minimum Gasteiger partial charge on any atom is -0.277 e. The zero-order chi connectivity index (χ0) is 8.81. The molecule has 0 unspecified atom stereocenters. The minimum atomic E-state index is -0.217. The summed E-state index contributed by atoms with van der Waals surface area (Å²) >= 11 is 0. The Hall–Kier alpha value is -1.09. The minimum absolute atomic E-state index is 0.217. The predicted octanol–water partition coefficient (Wildman–Crippen LogP) is 1.33. The van der Waals surface area contributed by atoms with E-state index in [4.69, 9.17) is 0 Å². The summed E-state index contributed by atoms with van der Waals surface area (Å²) in [5, 5.41) is 0. The summed E-state index contributed by atoms with van der Waals surface area (Å²) in [6, 6.07) is 0. The lowest BCUT2D eigenvalue weighted by atomic mass is 10.2. The molecule has 0 saturated heterocycles. The molecule has 0 aromatic rings. The van der Waals surface area contributed by atoms with E-state index in [2.05, 4.69) is 16.4 Å². The summed E-state index contributed by atoms with van der Waals surface area (Å²) in [4.78, 5) is 15.3. The molecule has 1 rings (SSSR count). The van der Waals surface area contributed by atoms with Crippen molar-refractivity contribution in [2.45, 2.75) is 19.3 Å². The normalized spacial score (nSPS) is 16.6. The van der Waals surface area contributed by atoms with Crippen LogP contribution in [-0.4, -0.2) is 13.0 Å². The number of hydroxylamine groups is 1. The fourth-order valence-corrected chi connectivity index (χ4v) is 1.16. The Morgan fingerprint density at radius 3 is 3.17 bits per heavy atom. The van der Waals surface area contributed by atoms with Gasteiger partial charge in [-0.15, -0.1) is 0 Å². The van der Waals surface area contributed by atoms with E-state index in [-0.39, 0.29) is 5.91 Å². The van der Waals surface area contributed by atoms with Crippen LogP contribution < -0.4 is 5.48 Å². The van der Waals surface area contributed by atoms with Crippen molar-refractivity contribution >= 4 is 5.91 Å². The third kappa shape index (κ3) is 2.88. The molecule has 0 atom stereocenters. The van der Waals surface area contributed by atoms with Crippen LogP contribution in [0.25, 0.3) is 0 Å². The number of nitrogens with one attached hydrogen (secondary N) is 1. The molecule has 1 amide bonds. The maximum atomic E-state index is 10.8. The molecule has 0 spiro atoms. The Labute approximate surface area is 72.1 Å². The molecule has 0 fully saturated rings. The molecule has 0 bridgehead atoms. The average molecular weight is 167 g/mol. The Bertz CT molecular complexity index is 219. The Balaban J connectivity index is 2.33. The largest absolute Gasteiger partial charge is 0.277 e. The number of hydrogen-bond acceptors (Lipinski definition) is 2. The van der Waals surface area contributed by atoms with E-state index < -0.39 is 0 Å². The van der Waals surface area contributed by atoms with Crippen LogP contribution in [-0.2, 0) is 9.63 Å². The fourth-order valence-electron chi connectivity index (χ4n) is 1.16. The zero-order valence-electron chi connectivity index (χ0n) is 7.17. The van der Waals surface area contributed by atoms with E-state index in [1.54, 1.807) is 0 Å². The predicted molar refractivity (Wildman–Crippen MR) is 46.2 cm³/mol. The smallest absolute Gasteiger partial charge is 0.267 e. The second-order valence-electron chi connectivity index (χ2n) is 2.68. The summed E-state index contributed by atoms with van der Waals surface area (Å²) in [5.74, 6) is -0.217. The van der Waals surface area contributed by atoms with E-state index in [9.17, 15) is 4.79 Å². The van der Waals surface area contributed by atoms with Gasteiger partial charge in [0.1, 0.15) is 0 Å². The van der Waals surface area contributed by atoms with Gasteiger partial charge in [0, 0.05) is 6.08 Å². The van der Waals surface area contributed by atoms with Crippen LogP contribution in [0.4, 0.5) is 0 Å². The van der Waals surface area contributed by atoms with Gasteiger partial charge >= 0.3 is 0 Å². The molecule has 0 heterocycles. The molecule has 0 saturated carbocycles.